The molecule has 0 atom stereocenters. The maximum absolute atomic E-state index is 13.8. The van der Waals surface area contributed by atoms with E-state index in [-0.39, 0.29) is 28.2 Å². The van der Waals surface area contributed by atoms with Gasteiger partial charge in [0.15, 0.2) is 0 Å². The second-order valence-corrected chi connectivity index (χ2v) is 6.84. The lowest BCUT2D eigenvalue weighted by Crippen LogP contribution is -2.36. The third kappa shape index (κ3) is 4.41. The molecule has 1 aliphatic rings. The number of rotatable bonds is 4. The molecule has 0 unspecified atom stereocenters. The minimum atomic E-state index is -0.618. The smallest absolute Gasteiger partial charge is 0.258 e. The van der Waals surface area contributed by atoms with Gasteiger partial charge in [0, 0.05) is 11.6 Å². The van der Waals surface area contributed by atoms with E-state index in [9.17, 15) is 14.0 Å². The van der Waals surface area contributed by atoms with Gasteiger partial charge in [0.1, 0.15) is 5.82 Å². The molecule has 0 aliphatic heterocycles. The van der Waals surface area contributed by atoms with Crippen molar-refractivity contribution >= 4 is 29.1 Å². The van der Waals surface area contributed by atoms with E-state index in [2.05, 4.69) is 10.6 Å². The van der Waals surface area contributed by atoms with Crippen molar-refractivity contribution in [1.29, 1.82) is 0 Å². The van der Waals surface area contributed by atoms with E-state index in [4.69, 9.17) is 11.6 Å². The van der Waals surface area contributed by atoms with E-state index in [1.807, 2.05) is 0 Å². The predicted molar refractivity (Wildman–Crippen MR) is 100 cm³/mol. The highest BCUT2D eigenvalue weighted by Crippen LogP contribution is 2.25. The van der Waals surface area contributed by atoms with Gasteiger partial charge in [-0.15, -0.1) is 0 Å². The van der Waals surface area contributed by atoms with E-state index in [0.717, 1.165) is 25.7 Å². The lowest BCUT2D eigenvalue weighted by Gasteiger charge is -2.23. The molecule has 2 N–H and O–H groups in total. The monoisotopic (exact) mass is 374 g/mol. The summed E-state index contributed by atoms with van der Waals surface area (Å²) < 4.78 is 13.8. The van der Waals surface area contributed by atoms with Crippen LogP contribution in [0.5, 0.6) is 0 Å². The molecule has 1 saturated carbocycles. The molecule has 2 aromatic carbocycles. The Morgan fingerprint density at radius 2 is 1.73 bits per heavy atom. The molecule has 0 bridgehead atoms. The molecule has 3 rings (SSSR count). The molecule has 136 valence electrons. The van der Waals surface area contributed by atoms with Gasteiger partial charge in [-0.2, -0.15) is 0 Å². The molecule has 0 aromatic heterocycles. The summed E-state index contributed by atoms with van der Waals surface area (Å²) in [5.74, 6) is -1.43. The van der Waals surface area contributed by atoms with Crippen LogP contribution < -0.4 is 10.6 Å². The Morgan fingerprint density at radius 1 is 1.00 bits per heavy atom. The minimum Gasteiger partial charge on any atom is -0.349 e. The average Bonchev–Trinajstić information content (AvgIpc) is 2.64. The first kappa shape index (κ1) is 18.4. The van der Waals surface area contributed by atoms with Crippen LogP contribution in [0.3, 0.4) is 0 Å². The van der Waals surface area contributed by atoms with Gasteiger partial charge < -0.3 is 10.6 Å². The summed E-state index contributed by atoms with van der Waals surface area (Å²) in [4.78, 5) is 24.7. The number of hydrogen-bond acceptors (Lipinski definition) is 2. The average molecular weight is 375 g/mol. The number of amides is 2. The number of carbonyl (C=O) groups excluding carboxylic acids is 2. The standard InChI is InChI=1S/C20H20ClFN2O2/c21-16-11-10-13(19(25)23-14-6-2-1-3-7-14)12-18(16)24-20(26)15-8-4-5-9-17(15)22/h4-5,8-12,14H,1-3,6-7H2,(H,23,25)(H,24,26). The summed E-state index contributed by atoms with van der Waals surface area (Å²) in [6, 6.07) is 10.5. The van der Waals surface area contributed by atoms with Gasteiger partial charge in [0.25, 0.3) is 11.8 Å². The van der Waals surface area contributed by atoms with Crippen LogP contribution in [0.2, 0.25) is 5.02 Å². The molecule has 1 aliphatic carbocycles. The number of nitrogens with one attached hydrogen (secondary N) is 2. The van der Waals surface area contributed by atoms with Gasteiger partial charge >= 0.3 is 0 Å². The molecular weight excluding hydrogens is 355 g/mol. The molecular formula is C20H20ClFN2O2. The highest BCUT2D eigenvalue weighted by molar-refractivity contribution is 6.34. The Balaban J connectivity index is 1.74. The van der Waals surface area contributed by atoms with Crippen LogP contribution in [0.4, 0.5) is 10.1 Å². The maximum Gasteiger partial charge on any atom is 0.258 e. The first-order valence-corrected chi connectivity index (χ1v) is 9.08. The van der Waals surface area contributed by atoms with Crippen molar-refractivity contribution < 1.29 is 14.0 Å². The van der Waals surface area contributed by atoms with Crippen molar-refractivity contribution in [2.75, 3.05) is 5.32 Å². The van der Waals surface area contributed by atoms with E-state index in [1.54, 1.807) is 18.2 Å². The number of halogens is 2. The Hall–Kier alpha value is -2.40. The Labute approximate surface area is 156 Å². The Morgan fingerprint density at radius 3 is 2.46 bits per heavy atom. The molecule has 6 heteroatoms. The molecule has 26 heavy (non-hydrogen) atoms. The van der Waals surface area contributed by atoms with Gasteiger partial charge in [-0.25, -0.2) is 4.39 Å². The predicted octanol–water partition coefficient (Wildman–Crippen LogP) is 4.79. The number of anilines is 1. The van der Waals surface area contributed by atoms with E-state index < -0.39 is 11.7 Å². The van der Waals surface area contributed by atoms with Crippen LogP contribution >= 0.6 is 11.6 Å². The zero-order valence-electron chi connectivity index (χ0n) is 14.2. The first-order valence-electron chi connectivity index (χ1n) is 8.71. The highest BCUT2D eigenvalue weighted by Gasteiger charge is 2.18. The fourth-order valence-corrected chi connectivity index (χ4v) is 3.28. The van der Waals surface area contributed by atoms with Crippen LogP contribution in [-0.4, -0.2) is 17.9 Å². The van der Waals surface area contributed by atoms with Gasteiger partial charge in [0.05, 0.1) is 16.3 Å². The summed E-state index contributed by atoms with van der Waals surface area (Å²) in [6.07, 6.45) is 5.41. The molecule has 0 heterocycles. The third-order valence-electron chi connectivity index (χ3n) is 4.54. The fourth-order valence-electron chi connectivity index (χ4n) is 3.11. The van der Waals surface area contributed by atoms with Gasteiger partial charge in [-0.1, -0.05) is 43.0 Å². The lowest BCUT2D eigenvalue weighted by atomic mass is 9.95. The third-order valence-corrected chi connectivity index (χ3v) is 4.87. The topological polar surface area (TPSA) is 58.2 Å². The van der Waals surface area contributed by atoms with Crippen LogP contribution in [-0.2, 0) is 0 Å². The van der Waals surface area contributed by atoms with Gasteiger partial charge in [0.2, 0.25) is 0 Å². The van der Waals surface area contributed by atoms with Crippen molar-refractivity contribution in [2.45, 2.75) is 38.1 Å². The first-order chi connectivity index (χ1) is 12.5. The molecule has 0 radical (unpaired) electrons. The van der Waals surface area contributed by atoms with Crippen molar-refractivity contribution in [3.8, 4) is 0 Å². The van der Waals surface area contributed by atoms with Gasteiger partial charge in [-0.3, -0.25) is 9.59 Å². The highest BCUT2D eigenvalue weighted by atomic mass is 35.5. The minimum absolute atomic E-state index is 0.0828. The molecule has 2 aromatic rings. The maximum atomic E-state index is 13.8. The zero-order valence-corrected chi connectivity index (χ0v) is 15.0. The largest absolute Gasteiger partial charge is 0.349 e. The summed E-state index contributed by atoms with van der Waals surface area (Å²) in [6.45, 7) is 0. The molecule has 4 nitrogen and oxygen atoms in total. The van der Waals surface area contributed by atoms with E-state index >= 15 is 0 Å². The Bertz CT molecular complexity index is 819. The van der Waals surface area contributed by atoms with Crippen LogP contribution in [0.1, 0.15) is 52.8 Å². The van der Waals surface area contributed by atoms with E-state index in [1.165, 1.54) is 30.7 Å². The second-order valence-electron chi connectivity index (χ2n) is 6.44. The molecule has 2 amide bonds. The number of benzene rings is 2. The number of carbonyl (C=O) groups is 2. The normalized spacial score (nSPS) is 14.7. The molecule has 0 saturated heterocycles. The fraction of sp³-hybridized carbons (Fsp3) is 0.300. The SMILES string of the molecule is O=C(NC1CCCCC1)c1ccc(Cl)c(NC(=O)c2ccccc2F)c1. The van der Waals surface area contributed by atoms with Crippen LogP contribution in [0.25, 0.3) is 0 Å². The molecule has 0 spiro atoms. The number of hydrogen-bond donors (Lipinski definition) is 2. The quantitative estimate of drug-likeness (QED) is 0.808. The summed E-state index contributed by atoms with van der Waals surface area (Å²) in [7, 11) is 0. The van der Waals surface area contributed by atoms with Crippen LogP contribution in [0, 0.1) is 5.82 Å². The Kier molecular flexibility index (Phi) is 5.89. The van der Waals surface area contributed by atoms with Crippen molar-refractivity contribution in [2.24, 2.45) is 0 Å². The second kappa shape index (κ2) is 8.32. The summed E-state index contributed by atoms with van der Waals surface area (Å²) in [5.41, 5.74) is 0.598. The zero-order chi connectivity index (χ0) is 18.5. The van der Waals surface area contributed by atoms with Gasteiger partial charge in [-0.05, 0) is 43.2 Å². The summed E-state index contributed by atoms with van der Waals surface area (Å²) in [5, 5.41) is 5.88. The van der Waals surface area contributed by atoms with Crippen molar-refractivity contribution in [3.63, 3.8) is 0 Å². The van der Waals surface area contributed by atoms with E-state index in [0.29, 0.717) is 5.56 Å². The summed E-state index contributed by atoms with van der Waals surface area (Å²) >= 11 is 6.12. The van der Waals surface area contributed by atoms with Crippen molar-refractivity contribution in [1.82, 2.24) is 5.32 Å². The van der Waals surface area contributed by atoms with Crippen LogP contribution in [0.15, 0.2) is 42.5 Å². The lowest BCUT2D eigenvalue weighted by molar-refractivity contribution is 0.0926. The molecule has 1 fully saturated rings. The van der Waals surface area contributed by atoms with Crippen molar-refractivity contribution in [3.05, 3.63) is 64.4 Å².